The zero-order chi connectivity index (χ0) is 18.4. The van der Waals surface area contributed by atoms with Crippen molar-refractivity contribution in [1.29, 1.82) is 0 Å². The van der Waals surface area contributed by atoms with Gasteiger partial charge in [0.25, 0.3) is 0 Å². The van der Waals surface area contributed by atoms with E-state index in [4.69, 9.17) is 16.6 Å². The number of nitrogens with zero attached hydrogens (tertiary/aromatic N) is 4. The molecule has 4 heterocycles. The van der Waals surface area contributed by atoms with Gasteiger partial charge in [0.1, 0.15) is 10.8 Å². The number of imidazole rings is 1. The van der Waals surface area contributed by atoms with Crippen molar-refractivity contribution in [1.82, 2.24) is 24.3 Å². The maximum atomic E-state index is 6.72. The maximum absolute atomic E-state index is 6.72. The Bertz CT molecular complexity index is 1110. The van der Waals surface area contributed by atoms with Gasteiger partial charge in [0.2, 0.25) is 0 Å². The van der Waals surface area contributed by atoms with Crippen LogP contribution in [-0.4, -0.2) is 50.4 Å². The molecule has 1 fully saturated rings. The Kier molecular flexibility index (Phi) is 4.02. The van der Waals surface area contributed by atoms with E-state index in [1.165, 1.54) is 6.42 Å². The minimum atomic E-state index is 0.355. The number of para-hydroxylation sites is 1. The normalized spacial score (nSPS) is 18.4. The van der Waals surface area contributed by atoms with Crippen molar-refractivity contribution < 1.29 is 0 Å². The summed E-state index contributed by atoms with van der Waals surface area (Å²) in [4.78, 5) is 15.1. The predicted octanol–water partition coefficient (Wildman–Crippen LogP) is 4.04. The summed E-state index contributed by atoms with van der Waals surface area (Å²) in [5.74, 6) is 0.782. The van der Waals surface area contributed by atoms with Crippen molar-refractivity contribution in [2.24, 2.45) is 0 Å². The molecule has 1 aromatic carbocycles. The predicted molar refractivity (Wildman–Crippen MR) is 109 cm³/mol. The summed E-state index contributed by atoms with van der Waals surface area (Å²) in [6.45, 7) is 2.14. The van der Waals surface area contributed by atoms with Crippen molar-refractivity contribution in [2.75, 3.05) is 25.5 Å². The summed E-state index contributed by atoms with van der Waals surface area (Å²) >= 11 is 6.72. The van der Waals surface area contributed by atoms with Gasteiger partial charge in [-0.05, 0) is 32.5 Å². The first-order valence-electron chi connectivity index (χ1n) is 9.25. The first-order chi connectivity index (χ1) is 13.2. The highest BCUT2D eigenvalue weighted by molar-refractivity contribution is 6.32. The highest BCUT2D eigenvalue weighted by atomic mass is 35.5. The molecule has 0 amide bonds. The third-order valence-corrected chi connectivity index (χ3v) is 5.65. The minimum absolute atomic E-state index is 0.355. The Labute approximate surface area is 162 Å². The van der Waals surface area contributed by atoms with E-state index in [9.17, 15) is 0 Å². The second-order valence-electron chi connectivity index (χ2n) is 7.21. The summed E-state index contributed by atoms with van der Waals surface area (Å²) in [6.07, 6.45) is 7.93. The molecule has 5 rings (SSSR count). The van der Waals surface area contributed by atoms with Crippen LogP contribution in [0.3, 0.4) is 0 Å². The topological polar surface area (TPSA) is 61.2 Å². The molecule has 138 valence electrons. The second-order valence-corrected chi connectivity index (χ2v) is 7.57. The third kappa shape index (κ3) is 2.85. The van der Waals surface area contributed by atoms with E-state index in [0.29, 0.717) is 11.2 Å². The van der Waals surface area contributed by atoms with E-state index >= 15 is 0 Å². The van der Waals surface area contributed by atoms with E-state index in [-0.39, 0.29) is 0 Å². The fourth-order valence-electron chi connectivity index (χ4n) is 3.97. The number of aromatic amines is 1. The lowest BCUT2D eigenvalue weighted by molar-refractivity contribution is 0.261. The van der Waals surface area contributed by atoms with Gasteiger partial charge in [0, 0.05) is 47.6 Å². The third-order valence-electron chi connectivity index (χ3n) is 5.29. The molecule has 0 radical (unpaired) electrons. The van der Waals surface area contributed by atoms with Gasteiger partial charge in [0.05, 0.1) is 0 Å². The summed E-state index contributed by atoms with van der Waals surface area (Å²) in [7, 11) is 2.16. The van der Waals surface area contributed by atoms with Gasteiger partial charge in [-0.25, -0.2) is 9.97 Å². The van der Waals surface area contributed by atoms with Gasteiger partial charge in [-0.3, -0.25) is 4.40 Å². The molecule has 1 aliphatic heterocycles. The van der Waals surface area contributed by atoms with Crippen molar-refractivity contribution in [2.45, 2.75) is 18.9 Å². The molecule has 1 aliphatic rings. The largest absolute Gasteiger partial charge is 0.363 e. The maximum Gasteiger partial charge on any atom is 0.181 e. The average Bonchev–Trinajstić information content (AvgIpc) is 3.32. The minimum Gasteiger partial charge on any atom is -0.363 e. The molecule has 27 heavy (non-hydrogen) atoms. The fraction of sp³-hybridized carbons (Fsp3) is 0.300. The molecule has 7 heteroatoms. The molecule has 1 saturated heterocycles. The number of piperidine rings is 1. The van der Waals surface area contributed by atoms with Crippen LogP contribution in [0, 0.1) is 0 Å². The summed E-state index contributed by atoms with van der Waals surface area (Å²) in [5.41, 5.74) is 3.58. The van der Waals surface area contributed by atoms with Crippen LogP contribution in [0.25, 0.3) is 27.8 Å². The second kappa shape index (κ2) is 6.55. The van der Waals surface area contributed by atoms with Crippen LogP contribution in [0.1, 0.15) is 12.8 Å². The molecule has 0 bridgehead atoms. The van der Waals surface area contributed by atoms with Crippen LogP contribution in [0.15, 0.2) is 42.9 Å². The summed E-state index contributed by atoms with van der Waals surface area (Å²) in [6, 6.07) is 8.54. The molecule has 0 spiro atoms. The van der Waals surface area contributed by atoms with Crippen LogP contribution in [-0.2, 0) is 0 Å². The monoisotopic (exact) mass is 380 g/mol. The molecule has 1 unspecified atom stereocenters. The van der Waals surface area contributed by atoms with E-state index in [1.807, 2.05) is 28.9 Å². The Hall–Kier alpha value is -2.57. The first kappa shape index (κ1) is 16.6. The lowest BCUT2D eigenvalue weighted by Crippen LogP contribution is -2.40. The standard InChI is InChI=1S/C20H21ClN6/c1-26-9-4-5-13(12-26)24-19-20-22-8-10-27(20)18(21)17(25-19)15-11-23-16-7-3-2-6-14(15)16/h2-3,6-8,10-11,13,23H,4-5,9,12H2,1H3,(H,24,25). The van der Waals surface area contributed by atoms with E-state index in [2.05, 4.69) is 39.4 Å². The zero-order valence-electron chi connectivity index (χ0n) is 15.1. The SMILES string of the molecule is CN1CCCC(Nc2nc(-c3c[nH]c4ccccc34)c(Cl)n3ccnc23)C1. The lowest BCUT2D eigenvalue weighted by Gasteiger charge is -2.30. The number of H-pyrrole nitrogens is 1. The number of rotatable bonds is 3. The van der Waals surface area contributed by atoms with Crippen molar-refractivity contribution >= 4 is 34.0 Å². The molecule has 0 saturated carbocycles. The first-order valence-corrected chi connectivity index (χ1v) is 9.62. The van der Waals surface area contributed by atoms with Gasteiger partial charge in [-0.1, -0.05) is 29.8 Å². The fourth-order valence-corrected chi connectivity index (χ4v) is 4.25. The molecular weight excluding hydrogens is 360 g/mol. The molecule has 1 atom stereocenters. The average molecular weight is 381 g/mol. The Morgan fingerprint density at radius 3 is 3.07 bits per heavy atom. The zero-order valence-corrected chi connectivity index (χ0v) is 15.9. The molecule has 3 aromatic heterocycles. The molecule has 2 N–H and O–H groups in total. The highest BCUT2D eigenvalue weighted by Crippen LogP contribution is 2.34. The molecule has 6 nitrogen and oxygen atoms in total. The van der Waals surface area contributed by atoms with Gasteiger partial charge < -0.3 is 15.2 Å². The van der Waals surface area contributed by atoms with Crippen molar-refractivity contribution in [3.8, 4) is 11.3 Å². The lowest BCUT2D eigenvalue weighted by atomic mass is 10.1. The van der Waals surface area contributed by atoms with Crippen molar-refractivity contribution in [3.63, 3.8) is 0 Å². The summed E-state index contributed by atoms with van der Waals surface area (Å²) < 4.78 is 1.90. The van der Waals surface area contributed by atoms with E-state index in [1.54, 1.807) is 6.20 Å². The van der Waals surface area contributed by atoms with Crippen LogP contribution >= 0.6 is 11.6 Å². The molecular formula is C20H21ClN6. The van der Waals surface area contributed by atoms with Gasteiger partial charge >= 0.3 is 0 Å². The van der Waals surface area contributed by atoms with Crippen LogP contribution in [0.4, 0.5) is 5.82 Å². The van der Waals surface area contributed by atoms with Crippen LogP contribution < -0.4 is 5.32 Å². The number of fused-ring (bicyclic) bond motifs is 2. The number of likely N-dealkylation sites (N-methyl/N-ethyl adjacent to an activating group) is 1. The van der Waals surface area contributed by atoms with Crippen LogP contribution in [0.5, 0.6) is 0 Å². The number of anilines is 1. The molecule has 4 aromatic rings. The highest BCUT2D eigenvalue weighted by Gasteiger charge is 2.22. The van der Waals surface area contributed by atoms with E-state index in [0.717, 1.165) is 53.1 Å². The number of hydrogen-bond donors (Lipinski definition) is 2. The molecule has 0 aliphatic carbocycles. The number of likely N-dealkylation sites (tertiary alicyclic amines) is 1. The number of aromatic nitrogens is 4. The Balaban J connectivity index is 1.64. The number of hydrogen-bond acceptors (Lipinski definition) is 4. The Morgan fingerprint density at radius 2 is 2.19 bits per heavy atom. The summed E-state index contributed by atoms with van der Waals surface area (Å²) in [5, 5.41) is 5.29. The van der Waals surface area contributed by atoms with Gasteiger partial charge in [-0.2, -0.15) is 0 Å². The van der Waals surface area contributed by atoms with E-state index < -0.39 is 0 Å². The Morgan fingerprint density at radius 1 is 1.30 bits per heavy atom. The quantitative estimate of drug-likeness (QED) is 0.563. The smallest absolute Gasteiger partial charge is 0.181 e. The van der Waals surface area contributed by atoms with Gasteiger partial charge in [0.15, 0.2) is 11.5 Å². The number of halogens is 1. The van der Waals surface area contributed by atoms with Crippen molar-refractivity contribution in [3.05, 3.63) is 48.0 Å². The van der Waals surface area contributed by atoms with Crippen LogP contribution in [0.2, 0.25) is 5.15 Å². The van der Waals surface area contributed by atoms with Gasteiger partial charge in [-0.15, -0.1) is 0 Å². The number of benzene rings is 1. The number of nitrogens with one attached hydrogen (secondary N) is 2.